The van der Waals surface area contributed by atoms with E-state index in [1.54, 1.807) is 5.38 Å². The van der Waals surface area contributed by atoms with E-state index in [1.165, 1.54) is 11.3 Å². The minimum atomic E-state index is -4.28. The molecule has 1 aromatic rings. The van der Waals surface area contributed by atoms with Gasteiger partial charge in [0.15, 0.2) is 15.0 Å². The number of anilines is 1. The third-order valence-corrected chi connectivity index (χ3v) is 8.46. The minimum Gasteiger partial charge on any atom is -0.548 e. The number of nitrogens with zero attached hydrogens (tertiary/aromatic N) is 2. The smallest absolute Gasteiger partial charge is 0.548 e. The first kappa shape index (κ1) is 23.8. The van der Waals surface area contributed by atoms with Gasteiger partial charge in [-0.1, -0.05) is 0 Å². The van der Waals surface area contributed by atoms with E-state index in [2.05, 4.69) is 10.3 Å². The molecule has 2 saturated heterocycles. The Bertz CT molecular complexity index is 938. The first-order valence-electron chi connectivity index (χ1n) is 8.02. The van der Waals surface area contributed by atoms with Gasteiger partial charge in [0.25, 0.3) is 0 Å². The molecule has 0 saturated carbocycles. The summed E-state index contributed by atoms with van der Waals surface area (Å²) in [5.74, 6) is -3.85. The molecule has 0 aromatic carbocycles. The molecule has 1 aromatic heterocycles. The fourth-order valence-corrected chi connectivity index (χ4v) is 6.45. The van der Waals surface area contributed by atoms with Gasteiger partial charge in [-0.15, -0.1) is 11.3 Å². The number of nitrogens with one attached hydrogen (secondary N) is 1. The summed E-state index contributed by atoms with van der Waals surface area (Å²) in [7, 11) is -4.28. The normalized spacial score (nSPS) is 29.4. The van der Waals surface area contributed by atoms with Crippen LogP contribution in [-0.2, 0) is 30.7 Å². The van der Waals surface area contributed by atoms with E-state index in [9.17, 15) is 33.0 Å². The molecule has 15 heteroatoms. The third-order valence-electron chi connectivity index (χ3n) is 4.91. The Balaban J connectivity index is 0.00000300. The molecule has 12 nitrogen and oxygen atoms in total. The summed E-state index contributed by atoms with van der Waals surface area (Å²) in [5.41, 5.74) is 5.93. The predicted octanol–water partition coefficient (Wildman–Crippen LogP) is -5.96. The number of aliphatic carboxylic acids is 1. The minimum absolute atomic E-state index is 0. The Hall–Kier alpha value is -1.45. The second kappa shape index (κ2) is 8.35. The molecular weight excluding hydrogens is 439 g/mol. The van der Waals surface area contributed by atoms with Crippen molar-refractivity contribution in [3.63, 3.8) is 0 Å². The zero-order chi connectivity index (χ0) is 20.9. The number of ether oxygens (including phenoxy) is 1. The van der Waals surface area contributed by atoms with Crippen LogP contribution >= 0.6 is 11.3 Å². The van der Waals surface area contributed by atoms with Crippen LogP contribution in [0.1, 0.15) is 12.6 Å². The average molecular weight is 456 g/mol. The van der Waals surface area contributed by atoms with Gasteiger partial charge in [0.1, 0.15) is 16.7 Å². The monoisotopic (exact) mass is 456 g/mol. The molecule has 0 bridgehead atoms. The predicted molar refractivity (Wildman–Crippen MR) is 92.0 cm³/mol. The summed E-state index contributed by atoms with van der Waals surface area (Å²) >= 11 is 1.17. The van der Waals surface area contributed by atoms with Crippen molar-refractivity contribution in [1.29, 1.82) is 0 Å². The Labute approximate surface area is 191 Å². The van der Waals surface area contributed by atoms with Crippen molar-refractivity contribution in [2.24, 2.45) is 5.92 Å². The largest absolute Gasteiger partial charge is 1.00 e. The van der Waals surface area contributed by atoms with Crippen molar-refractivity contribution in [2.45, 2.75) is 29.6 Å². The van der Waals surface area contributed by atoms with Gasteiger partial charge in [-0.05, 0) is 6.92 Å². The number of carboxylic acid groups (broad SMARTS) is 1. The van der Waals surface area contributed by atoms with Crippen LogP contribution in [0.5, 0.6) is 0 Å². The fraction of sp³-hybridized carbons (Fsp3) is 0.571. The number of rotatable bonds is 6. The molecule has 154 valence electrons. The molecule has 0 aliphatic carbocycles. The number of nitrogens with two attached hydrogens (primary N) is 1. The number of hydrogen-bond donors (Lipinski definition) is 3. The topological polar surface area (TPSA) is 192 Å². The van der Waals surface area contributed by atoms with Crippen LogP contribution in [0.4, 0.5) is 9.93 Å². The summed E-state index contributed by atoms with van der Waals surface area (Å²) in [4.78, 5) is 40.1. The summed E-state index contributed by atoms with van der Waals surface area (Å²) in [6.07, 6.45) is -1.00. The van der Waals surface area contributed by atoms with Crippen LogP contribution in [-0.4, -0.2) is 70.8 Å². The second-order valence-corrected chi connectivity index (χ2v) is 10.0. The first-order chi connectivity index (χ1) is 13.0. The summed E-state index contributed by atoms with van der Waals surface area (Å²) < 4.78 is 28.5. The van der Waals surface area contributed by atoms with Gasteiger partial charge in [-0.25, -0.2) is 18.2 Å². The molecule has 2 aliphatic heterocycles. The summed E-state index contributed by atoms with van der Waals surface area (Å²) in [6, 6.07) is -1.84. The average Bonchev–Trinajstić information content (AvgIpc) is 3.10. The summed E-state index contributed by atoms with van der Waals surface area (Å²) in [6.45, 7) is -0.526. The van der Waals surface area contributed by atoms with Gasteiger partial charge >= 0.3 is 35.7 Å². The van der Waals surface area contributed by atoms with E-state index in [0.29, 0.717) is 15.7 Å². The number of aliphatic hydroxyl groups is 1. The van der Waals surface area contributed by atoms with Crippen molar-refractivity contribution in [3.8, 4) is 0 Å². The first-order valence-corrected chi connectivity index (χ1v) is 10.4. The van der Waals surface area contributed by atoms with Crippen LogP contribution in [0, 0.1) is 5.92 Å². The van der Waals surface area contributed by atoms with Crippen LogP contribution in [0.15, 0.2) is 5.38 Å². The number of carboxylic acids is 1. The number of aromatic nitrogens is 1. The Morgan fingerprint density at radius 1 is 1.52 bits per heavy atom. The van der Waals surface area contributed by atoms with E-state index in [1.807, 2.05) is 0 Å². The number of β-lactam (4-membered cyclic amide) rings is 1. The number of nitrogen functional groups attached to an aromatic ring is 1. The van der Waals surface area contributed by atoms with Crippen molar-refractivity contribution in [1.82, 2.24) is 15.2 Å². The molecule has 2 fully saturated rings. The third kappa shape index (κ3) is 3.72. The van der Waals surface area contributed by atoms with Crippen molar-refractivity contribution in [3.05, 3.63) is 11.1 Å². The number of carbonyl (C=O) groups excluding carboxylic acids is 3. The molecule has 0 unspecified atom stereocenters. The van der Waals surface area contributed by atoms with E-state index < -0.39 is 63.1 Å². The van der Waals surface area contributed by atoms with Gasteiger partial charge in [-0.3, -0.25) is 4.79 Å². The molecule has 4 N–H and O–H groups in total. The number of fused-ring (bicyclic) bond motifs is 1. The molecule has 0 radical (unpaired) electrons. The van der Waals surface area contributed by atoms with Gasteiger partial charge in [0.05, 0.1) is 36.8 Å². The Morgan fingerprint density at radius 2 is 2.17 bits per heavy atom. The molecule has 4 atom stereocenters. The molecular formula is C14H17N4NaO8S2. The van der Waals surface area contributed by atoms with Crippen LogP contribution in [0.3, 0.4) is 0 Å². The molecule has 3 heterocycles. The maximum Gasteiger partial charge on any atom is 1.00 e. The SMILES string of the molecule is C[C@]1(COC(=O)NCc2csc(N)n2)[C@H](C(=O)[O-])N2C(=O)[C@@H](CO)[C@H]2S1(=O)=O.[Na+]. The van der Waals surface area contributed by atoms with Gasteiger partial charge in [0.2, 0.25) is 5.91 Å². The van der Waals surface area contributed by atoms with Crippen LogP contribution in [0.25, 0.3) is 0 Å². The number of aliphatic hydroxyl groups excluding tert-OH is 1. The standard InChI is InChI=1S/C14H18N4O8S2.Na/c1-14(5-26-13(23)16-2-6-4-27-12(15)17-6)8(11(21)22)18-9(20)7(3-19)10(18)28(14,24)25;/h4,7-8,10,19H,2-3,5H2,1H3,(H2,15,17)(H,16,23)(H,21,22);/q;+1/p-1/t7-,8+,10-,14+;/m1./s1. The maximum atomic E-state index is 12.9. The quantitative estimate of drug-likeness (QED) is 0.274. The molecule has 3 rings (SSSR count). The Kier molecular flexibility index (Phi) is 6.86. The number of alkyl carbamates (subject to hydrolysis) is 1. The number of thiazole rings is 1. The van der Waals surface area contributed by atoms with Crippen molar-refractivity contribution >= 4 is 44.3 Å². The van der Waals surface area contributed by atoms with Gasteiger partial charge < -0.3 is 35.7 Å². The zero-order valence-corrected chi connectivity index (χ0v) is 19.2. The van der Waals surface area contributed by atoms with Crippen LogP contribution < -0.4 is 45.7 Å². The number of hydrogen-bond acceptors (Lipinski definition) is 11. The number of amides is 2. The molecule has 2 aliphatic rings. The van der Waals surface area contributed by atoms with E-state index in [-0.39, 0.29) is 36.1 Å². The number of sulfone groups is 1. The Morgan fingerprint density at radius 3 is 2.69 bits per heavy atom. The van der Waals surface area contributed by atoms with Crippen LogP contribution in [0.2, 0.25) is 0 Å². The molecule has 29 heavy (non-hydrogen) atoms. The second-order valence-electron chi connectivity index (χ2n) is 6.61. The van der Waals surface area contributed by atoms with Crippen molar-refractivity contribution < 1.29 is 67.3 Å². The van der Waals surface area contributed by atoms with E-state index >= 15 is 0 Å². The fourth-order valence-electron chi connectivity index (χ4n) is 3.43. The van der Waals surface area contributed by atoms with Gasteiger partial charge in [0, 0.05) is 5.38 Å². The van der Waals surface area contributed by atoms with Gasteiger partial charge in [-0.2, -0.15) is 0 Å². The zero-order valence-electron chi connectivity index (χ0n) is 15.5. The molecule has 0 spiro atoms. The number of carbonyl (C=O) groups is 3. The van der Waals surface area contributed by atoms with Crippen molar-refractivity contribution in [2.75, 3.05) is 18.9 Å². The molecule has 2 amide bonds. The summed E-state index contributed by atoms with van der Waals surface area (Å²) in [5, 5.41) is 23.6. The maximum absolute atomic E-state index is 12.9. The van der Waals surface area contributed by atoms with E-state index in [0.717, 1.165) is 6.92 Å². The van der Waals surface area contributed by atoms with E-state index in [4.69, 9.17) is 10.5 Å².